The maximum absolute atomic E-state index is 13.2. The van der Waals surface area contributed by atoms with Gasteiger partial charge in [-0.25, -0.2) is 0 Å². The van der Waals surface area contributed by atoms with Crippen molar-refractivity contribution in [3.05, 3.63) is 33.9 Å². The number of benzene rings is 1. The number of fused-ring (bicyclic) bond motifs is 2. The highest BCUT2D eigenvalue weighted by molar-refractivity contribution is 5.98. The lowest BCUT2D eigenvalue weighted by molar-refractivity contribution is 0.0285. The van der Waals surface area contributed by atoms with Crippen molar-refractivity contribution < 1.29 is 9.90 Å². The summed E-state index contributed by atoms with van der Waals surface area (Å²) in [7, 11) is 0. The van der Waals surface area contributed by atoms with Crippen molar-refractivity contribution in [3.8, 4) is 0 Å². The molecule has 2 aliphatic rings. The average molecular weight is 287 g/mol. The van der Waals surface area contributed by atoms with Gasteiger partial charge >= 0.3 is 0 Å². The normalized spacial score (nSPS) is 28.0. The molecule has 0 aromatic heterocycles. The first-order valence-electron chi connectivity index (χ1n) is 7.98. The molecule has 3 nitrogen and oxygen atoms in total. The summed E-state index contributed by atoms with van der Waals surface area (Å²) in [5.41, 5.74) is 5.47. The summed E-state index contributed by atoms with van der Waals surface area (Å²) in [6, 6.07) is 2.62. The standard InChI is InChI=1S/C18H25NO2/c1-10-7-11(2)13(4)17(12(10)3)18(21)19-14-5-6-15(19)9-16(20)8-14/h7,14-16,20H,5-6,8-9H2,1-4H3/t14-,15+,16?. The molecule has 1 unspecified atom stereocenters. The molecule has 2 heterocycles. The second kappa shape index (κ2) is 5.13. The molecule has 1 aromatic rings. The first-order valence-corrected chi connectivity index (χ1v) is 7.98. The topological polar surface area (TPSA) is 40.5 Å². The molecule has 1 N–H and O–H groups in total. The molecule has 3 heteroatoms. The third-order valence-electron chi connectivity index (χ3n) is 5.52. The summed E-state index contributed by atoms with van der Waals surface area (Å²) in [6.45, 7) is 8.26. The van der Waals surface area contributed by atoms with E-state index in [9.17, 15) is 9.90 Å². The van der Waals surface area contributed by atoms with E-state index in [4.69, 9.17) is 0 Å². The zero-order valence-electron chi connectivity index (χ0n) is 13.4. The molecule has 0 spiro atoms. The molecule has 1 aromatic carbocycles. The van der Waals surface area contributed by atoms with Crippen LogP contribution in [0.5, 0.6) is 0 Å². The quantitative estimate of drug-likeness (QED) is 0.862. The number of hydrogen-bond donors (Lipinski definition) is 1. The highest BCUT2D eigenvalue weighted by Gasteiger charge is 2.43. The van der Waals surface area contributed by atoms with Gasteiger partial charge in [-0.3, -0.25) is 4.79 Å². The lowest BCUT2D eigenvalue weighted by atomic mass is 9.91. The van der Waals surface area contributed by atoms with Gasteiger partial charge in [0.1, 0.15) is 0 Å². The van der Waals surface area contributed by atoms with E-state index < -0.39 is 0 Å². The highest BCUT2D eigenvalue weighted by Crippen LogP contribution is 2.38. The van der Waals surface area contributed by atoms with E-state index in [-0.39, 0.29) is 24.1 Å². The second-order valence-corrected chi connectivity index (χ2v) is 6.86. The van der Waals surface area contributed by atoms with Crippen LogP contribution in [0.2, 0.25) is 0 Å². The van der Waals surface area contributed by atoms with Crippen LogP contribution in [-0.2, 0) is 0 Å². The number of carbonyl (C=O) groups excluding carboxylic acids is 1. The van der Waals surface area contributed by atoms with Crippen LogP contribution in [0.15, 0.2) is 6.07 Å². The number of rotatable bonds is 1. The molecule has 3 rings (SSSR count). The second-order valence-electron chi connectivity index (χ2n) is 6.86. The Bertz CT molecular complexity index is 553. The summed E-state index contributed by atoms with van der Waals surface area (Å²) >= 11 is 0. The first kappa shape index (κ1) is 14.6. The fraction of sp³-hybridized carbons (Fsp3) is 0.611. The molecule has 2 aliphatic heterocycles. The molecule has 0 radical (unpaired) electrons. The van der Waals surface area contributed by atoms with Crippen LogP contribution in [0.3, 0.4) is 0 Å². The van der Waals surface area contributed by atoms with Crippen molar-refractivity contribution >= 4 is 5.91 Å². The van der Waals surface area contributed by atoms with Crippen molar-refractivity contribution in [2.24, 2.45) is 0 Å². The van der Waals surface area contributed by atoms with Crippen LogP contribution in [0.25, 0.3) is 0 Å². The molecule has 2 bridgehead atoms. The smallest absolute Gasteiger partial charge is 0.254 e. The van der Waals surface area contributed by atoms with E-state index in [2.05, 4.69) is 38.7 Å². The predicted octanol–water partition coefficient (Wildman–Crippen LogP) is 3.05. The van der Waals surface area contributed by atoms with Crippen molar-refractivity contribution in [1.29, 1.82) is 0 Å². The van der Waals surface area contributed by atoms with Crippen molar-refractivity contribution in [1.82, 2.24) is 4.90 Å². The van der Waals surface area contributed by atoms with Gasteiger partial charge < -0.3 is 10.0 Å². The van der Waals surface area contributed by atoms with Gasteiger partial charge in [0, 0.05) is 17.6 Å². The monoisotopic (exact) mass is 287 g/mol. The predicted molar refractivity (Wildman–Crippen MR) is 83.6 cm³/mol. The number of hydrogen-bond acceptors (Lipinski definition) is 2. The number of piperidine rings is 1. The van der Waals surface area contributed by atoms with E-state index in [1.165, 1.54) is 11.1 Å². The van der Waals surface area contributed by atoms with Gasteiger partial charge in [-0.2, -0.15) is 0 Å². The summed E-state index contributed by atoms with van der Waals surface area (Å²) in [4.78, 5) is 15.2. The first-order chi connectivity index (χ1) is 9.90. The van der Waals surface area contributed by atoms with Crippen molar-refractivity contribution in [2.75, 3.05) is 0 Å². The third kappa shape index (κ3) is 2.28. The minimum atomic E-state index is -0.229. The van der Waals surface area contributed by atoms with E-state index in [0.717, 1.165) is 42.4 Å². The van der Waals surface area contributed by atoms with Gasteiger partial charge in [0.25, 0.3) is 5.91 Å². The number of amides is 1. The maximum Gasteiger partial charge on any atom is 0.254 e. The van der Waals surface area contributed by atoms with Gasteiger partial charge in [0.15, 0.2) is 0 Å². The summed E-state index contributed by atoms with van der Waals surface area (Å²) in [5, 5.41) is 9.92. The van der Waals surface area contributed by atoms with Crippen LogP contribution < -0.4 is 0 Å². The van der Waals surface area contributed by atoms with Gasteiger partial charge in [0.2, 0.25) is 0 Å². The summed E-state index contributed by atoms with van der Waals surface area (Å²) in [6.07, 6.45) is 3.33. The third-order valence-corrected chi connectivity index (χ3v) is 5.52. The molecule has 0 saturated carbocycles. The average Bonchev–Trinajstić information content (AvgIpc) is 2.69. The Morgan fingerprint density at radius 1 is 1.05 bits per heavy atom. The van der Waals surface area contributed by atoms with Crippen LogP contribution in [0.1, 0.15) is 58.3 Å². The van der Waals surface area contributed by atoms with Gasteiger partial charge in [-0.15, -0.1) is 0 Å². The SMILES string of the molecule is Cc1cc(C)c(C)c(C(=O)N2[C@@H]3CC[C@H]2CC(O)C3)c1C. The van der Waals surface area contributed by atoms with Gasteiger partial charge in [-0.05, 0) is 75.6 Å². The molecule has 2 saturated heterocycles. The lowest BCUT2D eigenvalue weighted by Crippen LogP contribution is -2.48. The molecular formula is C18H25NO2. The fourth-order valence-electron chi connectivity index (χ4n) is 4.15. The largest absolute Gasteiger partial charge is 0.393 e. The van der Waals surface area contributed by atoms with Crippen LogP contribution >= 0.6 is 0 Å². The minimum absolute atomic E-state index is 0.177. The molecule has 1 amide bonds. The van der Waals surface area contributed by atoms with Gasteiger partial charge in [-0.1, -0.05) is 6.07 Å². The minimum Gasteiger partial charge on any atom is -0.393 e. The highest BCUT2D eigenvalue weighted by atomic mass is 16.3. The van der Waals surface area contributed by atoms with Crippen LogP contribution in [0.4, 0.5) is 0 Å². The Morgan fingerprint density at radius 3 is 2.00 bits per heavy atom. The Labute approximate surface area is 127 Å². The molecule has 0 aliphatic carbocycles. The number of nitrogens with zero attached hydrogens (tertiary/aromatic N) is 1. The molecular weight excluding hydrogens is 262 g/mol. The number of aliphatic hydroxyl groups excluding tert-OH is 1. The number of aliphatic hydroxyl groups is 1. The van der Waals surface area contributed by atoms with E-state index in [1.807, 2.05) is 0 Å². The Kier molecular flexibility index (Phi) is 3.56. The summed E-state index contributed by atoms with van der Waals surface area (Å²) in [5.74, 6) is 0.177. The molecule has 2 fully saturated rings. The Hall–Kier alpha value is -1.35. The summed E-state index contributed by atoms with van der Waals surface area (Å²) < 4.78 is 0. The molecule has 3 atom stereocenters. The van der Waals surface area contributed by atoms with Crippen LogP contribution in [0, 0.1) is 27.7 Å². The Morgan fingerprint density at radius 2 is 1.52 bits per heavy atom. The zero-order chi connectivity index (χ0) is 15.3. The number of carbonyl (C=O) groups is 1. The Balaban J connectivity index is 2.01. The van der Waals surface area contributed by atoms with Crippen molar-refractivity contribution in [2.45, 2.75) is 71.6 Å². The zero-order valence-corrected chi connectivity index (χ0v) is 13.4. The fourth-order valence-corrected chi connectivity index (χ4v) is 4.15. The molecule has 114 valence electrons. The van der Waals surface area contributed by atoms with Crippen LogP contribution in [-0.4, -0.2) is 34.1 Å². The maximum atomic E-state index is 13.2. The van der Waals surface area contributed by atoms with E-state index >= 15 is 0 Å². The van der Waals surface area contributed by atoms with E-state index in [1.54, 1.807) is 0 Å². The lowest BCUT2D eigenvalue weighted by Gasteiger charge is -2.38. The van der Waals surface area contributed by atoms with Crippen molar-refractivity contribution in [3.63, 3.8) is 0 Å². The van der Waals surface area contributed by atoms with Gasteiger partial charge in [0.05, 0.1) is 6.10 Å². The number of aryl methyl sites for hydroxylation is 2. The van der Waals surface area contributed by atoms with E-state index in [0.29, 0.717) is 0 Å². The molecule has 21 heavy (non-hydrogen) atoms.